The zero-order valence-electron chi connectivity index (χ0n) is 14.5. The lowest BCUT2D eigenvalue weighted by molar-refractivity contribution is 0.227. The summed E-state index contributed by atoms with van der Waals surface area (Å²) in [6.45, 7) is 2.10. The Morgan fingerprint density at radius 1 is 1.04 bits per heavy atom. The van der Waals surface area contributed by atoms with Crippen molar-refractivity contribution < 1.29 is 9.52 Å². The van der Waals surface area contributed by atoms with Crippen molar-refractivity contribution in [2.75, 3.05) is 0 Å². The first-order valence-corrected chi connectivity index (χ1v) is 9.01. The largest absolute Gasteiger partial charge is 0.469 e. The number of rotatable bonds is 13. The van der Waals surface area contributed by atoms with E-state index in [-0.39, 0.29) is 6.10 Å². The van der Waals surface area contributed by atoms with Crippen molar-refractivity contribution in [2.24, 2.45) is 0 Å². The average molecular weight is 316 g/mol. The molecule has 0 aliphatic heterocycles. The van der Waals surface area contributed by atoms with Crippen molar-refractivity contribution in [3.05, 3.63) is 60.6 Å². The van der Waals surface area contributed by atoms with Crippen LogP contribution >= 0.6 is 0 Å². The molecule has 2 heteroatoms. The molecule has 1 aromatic heterocycles. The summed E-state index contributed by atoms with van der Waals surface area (Å²) in [7, 11) is 0. The normalized spacial score (nSPS) is 13.7. The van der Waals surface area contributed by atoms with Crippen molar-refractivity contribution >= 4 is 0 Å². The number of furan rings is 1. The number of hydrogen-bond acceptors (Lipinski definition) is 2. The lowest BCUT2D eigenvalue weighted by Gasteiger charge is -1.99. The van der Waals surface area contributed by atoms with Gasteiger partial charge >= 0.3 is 0 Å². The summed E-state index contributed by atoms with van der Waals surface area (Å²) in [6.07, 6.45) is 23.8. The van der Waals surface area contributed by atoms with Crippen LogP contribution in [0.1, 0.15) is 64.1 Å². The van der Waals surface area contributed by atoms with E-state index in [4.69, 9.17) is 4.42 Å². The highest BCUT2D eigenvalue weighted by atomic mass is 16.3. The summed E-state index contributed by atoms with van der Waals surface area (Å²) in [4.78, 5) is 0. The molecule has 0 unspecified atom stereocenters. The maximum atomic E-state index is 9.69. The fourth-order valence-electron chi connectivity index (χ4n) is 2.39. The van der Waals surface area contributed by atoms with Crippen LogP contribution < -0.4 is 0 Å². The number of aliphatic hydroxyl groups excluding tert-OH is 1. The predicted octanol–water partition coefficient (Wildman–Crippen LogP) is 5.99. The summed E-state index contributed by atoms with van der Waals surface area (Å²) >= 11 is 0. The van der Waals surface area contributed by atoms with Gasteiger partial charge in [-0.05, 0) is 44.2 Å². The predicted molar refractivity (Wildman–Crippen MR) is 98.4 cm³/mol. The monoisotopic (exact) mass is 316 g/mol. The third kappa shape index (κ3) is 11.7. The van der Waals surface area contributed by atoms with E-state index in [2.05, 4.69) is 25.1 Å². The van der Waals surface area contributed by atoms with Gasteiger partial charge in [-0.25, -0.2) is 0 Å². The van der Waals surface area contributed by atoms with Gasteiger partial charge in [-0.15, -0.1) is 0 Å². The zero-order chi connectivity index (χ0) is 16.6. The minimum Gasteiger partial charge on any atom is -0.469 e. The highest BCUT2D eigenvalue weighted by Crippen LogP contribution is 2.10. The Labute approximate surface area is 141 Å². The third-order valence-corrected chi connectivity index (χ3v) is 3.73. The Bertz CT molecular complexity index is 440. The molecule has 0 aliphatic rings. The van der Waals surface area contributed by atoms with Crippen molar-refractivity contribution in [1.29, 1.82) is 0 Å². The van der Waals surface area contributed by atoms with Crippen LogP contribution in [0.2, 0.25) is 0 Å². The van der Waals surface area contributed by atoms with E-state index in [1.165, 1.54) is 32.1 Å². The maximum absolute atomic E-state index is 9.69. The lowest BCUT2D eigenvalue weighted by atomic mass is 10.1. The lowest BCUT2D eigenvalue weighted by Crippen LogP contribution is -1.98. The Hall–Kier alpha value is -1.54. The zero-order valence-corrected chi connectivity index (χ0v) is 14.5. The summed E-state index contributed by atoms with van der Waals surface area (Å²) in [6, 6.07) is 4.01. The molecular formula is C21H32O2. The molecule has 23 heavy (non-hydrogen) atoms. The van der Waals surface area contributed by atoms with E-state index in [9.17, 15) is 5.11 Å². The Balaban J connectivity index is 1.90. The van der Waals surface area contributed by atoms with Gasteiger partial charge in [0, 0.05) is 6.42 Å². The van der Waals surface area contributed by atoms with E-state index in [1.54, 1.807) is 6.26 Å². The topological polar surface area (TPSA) is 33.4 Å². The summed E-state index contributed by atoms with van der Waals surface area (Å²) in [5.41, 5.74) is 0. The number of unbranched alkanes of at least 4 members (excludes halogenated alkanes) is 5. The molecule has 1 N–H and O–H groups in total. The van der Waals surface area contributed by atoms with Crippen LogP contribution in [-0.2, 0) is 6.42 Å². The second kappa shape index (κ2) is 14.1. The average Bonchev–Trinajstić information content (AvgIpc) is 3.06. The molecule has 1 rings (SSSR count). The smallest absolute Gasteiger partial charge is 0.103 e. The minimum absolute atomic E-state index is 0.364. The van der Waals surface area contributed by atoms with E-state index in [0.717, 1.165) is 25.0 Å². The third-order valence-electron chi connectivity index (χ3n) is 3.73. The van der Waals surface area contributed by atoms with Gasteiger partial charge in [-0.2, -0.15) is 0 Å². The van der Waals surface area contributed by atoms with Crippen molar-refractivity contribution in [3.63, 3.8) is 0 Å². The van der Waals surface area contributed by atoms with E-state index in [1.807, 2.05) is 30.4 Å². The van der Waals surface area contributed by atoms with Crippen LogP contribution in [-0.4, -0.2) is 11.2 Å². The fraction of sp³-hybridized carbons (Fsp3) is 0.524. The number of aliphatic hydroxyl groups is 1. The first-order valence-electron chi connectivity index (χ1n) is 9.01. The minimum atomic E-state index is -0.364. The second-order valence-electron chi connectivity index (χ2n) is 5.88. The highest BCUT2D eigenvalue weighted by Gasteiger charge is 1.95. The molecule has 1 aromatic rings. The first kappa shape index (κ1) is 19.5. The van der Waals surface area contributed by atoms with Gasteiger partial charge in [0.1, 0.15) is 5.76 Å². The van der Waals surface area contributed by atoms with Gasteiger partial charge in [0.15, 0.2) is 0 Å². The number of aryl methyl sites for hydroxylation is 1. The van der Waals surface area contributed by atoms with Crippen LogP contribution in [0, 0.1) is 0 Å². The van der Waals surface area contributed by atoms with E-state index < -0.39 is 0 Å². The van der Waals surface area contributed by atoms with Crippen LogP contribution in [0.3, 0.4) is 0 Å². The molecule has 128 valence electrons. The standard InChI is InChI=1S/C21H32O2/c1-2-3-11-15-20(22)16-12-9-7-5-4-6-8-10-13-17-21-18-14-19-23-21/h3,7,9,11-12,14,16,18-20,22H,2,4-6,8,10,13,15,17H2,1H3/b9-7+,11-3+,16-12+/t20-/m0/s1. The van der Waals surface area contributed by atoms with Crippen LogP contribution in [0.4, 0.5) is 0 Å². The molecule has 0 saturated heterocycles. The van der Waals surface area contributed by atoms with Crippen molar-refractivity contribution in [3.8, 4) is 0 Å². The summed E-state index contributed by atoms with van der Waals surface area (Å²) in [5.74, 6) is 1.10. The molecule has 1 atom stereocenters. The molecular weight excluding hydrogens is 284 g/mol. The van der Waals surface area contributed by atoms with Gasteiger partial charge < -0.3 is 9.52 Å². The fourth-order valence-corrected chi connectivity index (χ4v) is 2.39. The highest BCUT2D eigenvalue weighted by molar-refractivity contribution is 5.05. The number of hydrogen-bond donors (Lipinski definition) is 1. The molecule has 0 saturated carbocycles. The molecule has 0 bridgehead atoms. The first-order chi connectivity index (χ1) is 11.3. The van der Waals surface area contributed by atoms with Crippen LogP contribution in [0.15, 0.2) is 59.3 Å². The van der Waals surface area contributed by atoms with E-state index >= 15 is 0 Å². The molecule has 0 spiro atoms. The maximum Gasteiger partial charge on any atom is 0.103 e. The van der Waals surface area contributed by atoms with Gasteiger partial charge in [0.2, 0.25) is 0 Å². The quantitative estimate of drug-likeness (QED) is 0.275. The van der Waals surface area contributed by atoms with Crippen molar-refractivity contribution in [1.82, 2.24) is 0 Å². The van der Waals surface area contributed by atoms with Gasteiger partial charge in [0.05, 0.1) is 12.4 Å². The van der Waals surface area contributed by atoms with Crippen molar-refractivity contribution in [2.45, 2.75) is 70.8 Å². The molecule has 0 aliphatic carbocycles. The van der Waals surface area contributed by atoms with Gasteiger partial charge in [-0.1, -0.05) is 62.6 Å². The summed E-state index contributed by atoms with van der Waals surface area (Å²) in [5, 5.41) is 9.69. The van der Waals surface area contributed by atoms with Crippen LogP contribution in [0.25, 0.3) is 0 Å². The second-order valence-corrected chi connectivity index (χ2v) is 5.88. The van der Waals surface area contributed by atoms with E-state index in [0.29, 0.717) is 6.42 Å². The Morgan fingerprint density at radius 3 is 2.65 bits per heavy atom. The summed E-state index contributed by atoms with van der Waals surface area (Å²) < 4.78 is 5.32. The molecule has 1 heterocycles. The molecule has 0 aromatic carbocycles. The molecule has 0 amide bonds. The van der Waals surface area contributed by atoms with Gasteiger partial charge in [-0.3, -0.25) is 0 Å². The van der Waals surface area contributed by atoms with Crippen LogP contribution in [0.5, 0.6) is 0 Å². The molecule has 0 fully saturated rings. The molecule has 0 radical (unpaired) electrons. The Kier molecular flexibility index (Phi) is 11.9. The SMILES string of the molecule is CC/C=C/C[C@H](O)/C=C/C=C/CCCCCCCc1ccco1. The molecule has 2 nitrogen and oxygen atoms in total. The Morgan fingerprint density at radius 2 is 1.87 bits per heavy atom. The number of allylic oxidation sites excluding steroid dienone is 4. The van der Waals surface area contributed by atoms with Gasteiger partial charge in [0.25, 0.3) is 0 Å².